The zero-order chi connectivity index (χ0) is 7.56. The lowest BCUT2D eigenvalue weighted by molar-refractivity contribution is -0.431. The number of rotatable bonds is 1. The lowest BCUT2D eigenvalue weighted by Crippen LogP contribution is -2.48. The van der Waals surface area contributed by atoms with Gasteiger partial charge in [0.2, 0.25) is 0 Å². The lowest BCUT2D eigenvalue weighted by atomic mass is 10.3. The molecule has 1 unspecified atom stereocenters. The van der Waals surface area contributed by atoms with Crippen LogP contribution >= 0.6 is 0 Å². The van der Waals surface area contributed by atoms with Gasteiger partial charge in [0, 0.05) is 0 Å². The lowest BCUT2D eigenvalue weighted by Gasteiger charge is -2.15. The van der Waals surface area contributed by atoms with Crippen LogP contribution in [-0.4, -0.2) is 17.8 Å². The van der Waals surface area contributed by atoms with Crippen LogP contribution in [0.1, 0.15) is 0 Å². The van der Waals surface area contributed by atoms with Gasteiger partial charge in [0.1, 0.15) is 0 Å². The Kier molecular flexibility index (Phi) is 1.83. The zero-order valence-corrected chi connectivity index (χ0v) is 5.20. The molecule has 0 fully saturated rings. The molecule has 1 aliphatic rings. The van der Waals surface area contributed by atoms with Gasteiger partial charge < -0.3 is 11.1 Å². The molecule has 4 N–H and O–H groups in total. The highest BCUT2D eigenvalue weighted by Crippen LogP contribution is 1.98. The molecule has 1 heterocycles. The van der Waals surface area contributed by atoms with Gasteiger partial charge >= 0.3 is 0 Å². The van der Waals surface area contributed by atoms with Crippen molar-refractivity contribution in [3.63, 3.8) is 0 Å². The van der Waals surface area contributed by atoms with Gasteiger partial charge in [-0.2, -0.15) is 0 Å². The third-order valence-corrected chi connectivity index (χ3v) is 1.20. The van der Waals surface area contributed by atoms with Crippen molar-refractivity contribution in [3.8, 4) is 0 Å². The first-order valence-corrected chi connectivity index (χ1v) is 2.78. The number of hydrogen-bond donors (Lipinski definition) is 3. The molecule has 0 aliphatic carbocycles. The molecule has 6 nitrogen and oxygen atoms in total. The van der Waals surface area contributed by atoms with Gasteiger partial charge in [-0.1, -0.05) is 0 Å². The van der Waals surface area contributed by atoms with Crippen LogP contribution in [0.3, 0.4) is 0 Å². The Balaban J connectivity index is 2.71. The van der Waals surface area contributed by atoms with E-state index >= 15 is 0 Å². The van der Waals surface area contributed by atoms with Crippen LogP contribution < -0.4 is 16.4 Å². The summed E-state index contributed by atoms with van der Waals surface area (Å²) in [7, 11) is 0. The molecular weight excluding hydrogens is 136 g/mol. The Bertz CT molecular complexity index is 178. The number of nitrogens with two attached hydrogens (primary N) is 1. The summed E-state index contributed by atoms with van der Waals surface area (Å²) in [4.78, 5) is 9.63. The van der Waals surface area contributed by atoms with E-state index in [1.807, 2.05) is 0 Å². The second-order valence-corrected chi connectivity index (χ2v) is 1.89. The van der Waals surface area contributed by atoms with Gasteiger partial charge in [0.25, 0.3) is 5.70 Å². The van der Waals surface area contributed by atoms with Gasteiger partial charge in [0.05, 0.1) is 17.8 Å². The number of hydrogen-bond acceptors (Lipinski definition) is 5. The fraction of sp³-hybridized carbons (Fsp3) is 0.500. The van der Waals surface area contributed by atoms with Crippen LogP contribution in [0.5, 0.6) is 0 Å². The summed E-state index contributed by atoms with van der Waals surface area (Å²) in [6.07, 6.45) is 0.650. The number of nitrogens with one attached hydrogen (secondary N) is 2. The van der Waals surface area contributed by atoms with Crippen LogP contribution in [0.4, 0.5) is 0 Å². The molecule has 0 bridgehead atoms. The predicted octanol–water partition coefficient (Wildman–Crippen LogP) is -1.46. The summed E-state index contributed by atoms with van der Waals surface area (Å²) in [6.45, 7) is 0.471. The molecule has 0 saturated carbocycles. The maximum Gasteiger partial charge on any atom is 0.292 e. The largest absolute Gasteiger partial charge is 0.373 e. The van der Waals surface area contributed by atoms with E-state index in [-0.39, 0.29) is 5.70 Å². The molecular formula is C4H8N4O2. The van der Waals surface area contributed by atoms with Crippen molar-refractivity contribution < 1.29 is 4.92 Å². The molecule has 0 radical (unpaired) electrons. The van der Waals surface area contributed by atoms with Crippen LogP contribution in [-0.2, 0) is 0 Å². The summed E-state index contributed by atoms with van der Waals surface area (Å²) in [5.74, 6) is 0. The Morgan fingerprint density at radius 3 is 3.00 bits per heavy atom. The molecule has 0 aromatic rings. The average molecular weight is 144 g/mol. The highest BCUT2D eigenvalue weighted by Gasteiger charge is 2.22. The van der Waals surface area contributed by atoms with E-state index in [0.717, 1.165) is 0 Å². The molecule has 1 atom stereocenters. The van der Waals surface area contributed by atoms with E-state index in [9.17, 15) is 10.1 Å². The van der Waals surface area contributed by atoms with Crippen molar-refractivity contribution in [1.29, 1.82) is 0 Å². The zero-order valence-electron chi connectivity index (χ0n) is 5.20. The summed E-state index contributed by atoms with van der Waals surface area (Å²) in [5.41, 5.74) is 5.28. The van der Waals surface area contributed by atoms with E-state index < -0.39 is 11.1 Å². The molecule has 10 heavy (non-hydrogen) atoms. The van der Waals surface area contributed by atoms with E-state index in [4.69, 9.17) is 5.73 Å². The monoisotopic (exact) mass is 144 g/mol. The topological polar surface area (TPSA) is 93.2 Å². The molecule has 6 heteroatoms. The Morgan fingerprint density at radius 2 is 2.60 bits per heavy atom. The summed E-state index contributed by atoms with van der Waals surface area (Å²) >= 11 is 0. The minimum absolute atomic E-state index is 0.0359. The molecule has 1 rings (SSSR count). The third kappa shape index (κ3) is 1.23. The molecule has 0 spiro atoms. The fourth-order valence-electron chi connectivity index (χ4n) is 0.685. The first kappa shape index (κ1) is 6.97. The highest BCUT2D eigenvalue weighted by molar-refractivity contribution is 5.01. The first-order valence-electron chi connectivity index (χ1n) is 2.78. The van der Waals surface area contributed by atoms with Crippen LogP contribution in [0.15, 0.2) is 11.9 Å². The summed E-state index contributed by atoms with van der Waals surface area (Å²) in [5, 5.41) is 15.5. The maximum atomic E-state index is 10.1. The van der Waals surface area contributed by atoms with Crippen molar-refractivity contribution in [1.82, 2.24) is 10.6 Å². The Hall–Kier alpha value is -1.14. The average Bonchev–Trinajstić information content (AvgIpc) is 1.88. The first-order chi connectivity index (χ1) is 4.72. The van der Waals surface area contributed by atoms with E-state index in [1.54, 1.807) is 0 Å². The van der Waals surface area contributed by atoms with Crippen molar-refractivity contribution in [2.24, 2.45) is 5.73 Å². The third-order valence-electron chi connectivity index (χ3n) is 1.20. The normalized spacial score (nSPS) is 24.9. The van der Waals surface area contributed by atoms with Crippen LogP contribution in [0.25, 0.3) is 0 Å². The predicted molar refractivity (Wildman–Crippen MR) is 34.2 cm³/mol. The maximum absolute atomic E-state index is 10.1. The minimum atomic E-state index is -0.656. The van der Waals surface area contributed by atoms with Crippen LogP contribution in [0.2, 0.25) is 0 Å². The van der Waals surface area contributed by atoms with Gasteiger partial charge in [-0.25, -0.2) is 0 Å². The fourth-order valence-corrected chi connectivity index (χ4v) is 0.685. The SMILES string of the molecule is NC1NCNC=C1[N+](=O)[O-]. The summed E-state index contributed by atoms with van der Waals surface area (Å²) in [6, 6.07) is 0. The molecule has 0 aromatic heterocycles. The quantitative estimate of drug-likeness (QED) is 0.309. The van der Waals surface area contributed by atoms with Gasteiger partial charge in [-0.15, -0.1) is 0 Å². The number of nitro groups is 1. The van der Waals surface area contributed by atoms with Gasteiger partial charge in [-0.05, 0) is 0 Å². The van der Waals surface area contributed by atoms with E-state index in [0.29, 0.717) is 6.67 Å². The van der Waals surface area contributed by atoms with E-state index in [2.05, 4.69) is 10.6 Å². The van der Waals surface area contributed by atoms with Crippen molar-refractivity contribution in [2.45, 2.75) is 6.17 Å². The van der Waals surface area contributed by atoms with Crippen LogP contribution in [0, 0.1) is 10.1 Å². The smallest absolute Gasteiger partial charge is 0.292 e. The minimum Gasteiger partial charge on any atom is -0.373 e. The highest BCUT2D eigenvalue weighted by atomic mass is 16.6. The molecule has 56 valence electrons. The van der Waals surface area contributed by atoms with Crippen molar-refractivity contribution in [3.05, 3.63) is 22.0 Å². The van der Waals surface area contributed by atoms with E-state index in [1.165, 1.54) is 6.20 Å². The van der Waals surface area contributed by atoms with Gasteiger partial charge in [-0.3, -0.25) is 15.4 Å². The molecule has 0 aromatic carbocycles. The molecule has 0 saturated heterocycles. The second kappa shape index (κ2) is 2.63. The molecule has 0 amide bonds. The second-order valence-electron chi connectivity index (χ2n) is 1.89. The summed E-state index contributed by atoms with van der Waals surface area (Å²) < 4.78 is 0. The van der Waals surface area contributed by atoms with Crippen molar-refractivity contribution in [2.75, 3.05) is 6.67 Å². The van der Waals surface area contributed by atoms with Crippen molar-refractivity contribution >= 4 is 0 Å². The Labute approximate surface area is 57.2 Å². The standard InChI is InChI=1S/C4H8N4O2/c5-4-3(8(9)10)1-6-2-7-4/h1,4,6-7H,2,5H2. The Morgan fingerprint density at radius 1 is 1.90 bits per heavy atom. The number of nitrogens with zero attached hydrogens (tertiary/aromatic N) is 1. The van der Waals surface area contributed by atoms with Gasteiger partial charge in [0.15, 0.2) is 6.17 Å². The molecule has 1 aliphatic heterocycles.